The first-order chi connectivity index (χ1) is 8.63. The molecule has 2 N–H and O–H groups in total. The fourth-order valence-corrected chi connectivity index (χ4v) is 3.09. The van der Waals surface area contributed by atoms with E-state index in [4.69, 9.17) is 11.6 Å². The molecule has 0 saturated heterocycles. The lowest BCUT2D eigenvalue weighted by Crippen LogP contribution is -2.25. The molecule has 3 atom stereocenters. The Labute approximate surface area is 110 Å². The van der Waals surface area contributed by atoms with Crippen LogP contribution in [0, 0.1) is 17.8 Å². The Morgan fingerprint density at radius 3 is 2.83 bits per heavy atom. The Kier molecular flexibility index (Phi) is 2.78. The molecule has 3 unspecified atom stereocenters. The number of rotatable bonds is 2. The first kappa shape index (κ1) is 11.6. The summed E-state index contributed by atoms with van der Waals surface area (Å²) in [5, 5.41) is 12.9. The van der Waals surface area contributed by atoms with Gasteiger partial charge in [0.1, 0.15) is 5.75 Å². The van der Waals surface area contributed by atoms with Gasteiger partial charge in [0.25, 0.3) is 0 Å². The van der Waals surface area contributed by atoms with E-state index in [-0.39, 0.29) is 17.6 Å². The van der Waals surface area contributed by atoms with Crippen LogP contribution >= 0.6 is 11.6 Å². The fraction of sp³-hybridized carbons (Fsp3) is 0.357. The third-order valence-electron chi connectivity index (χ3n) is 3.83. The van der Waals surface area contributed by atoms with Crippen molar-refractivity contribution in [2.75, 3.05) is 5.32 Å². The van der Waals surface area contributed by atoms with Gasteiger partial charge in [-0.3, -0.25) is 4.79 Å². The minimum absolute atomic E-state index is 0.0237. The molecule has 0 heterocycles. The van der Waals surface area contributed by atoms with Crippen molar-refractivity contribution in [1.29, 1.82) is 0 Å². The highest BCUT2D eigenvalue weighted by atomic mass is 35.5. The SMILES string of the molecule is O=C(Nc1cc(Cl)ccc1O)C1CC2C=CC1C2. The molecule has 18 heavy (non-hydrogen) atoms. The van der Waals surface area contributed by atoms with E-state index in [1.54, 1.807) is 12.1 Å². The molecule has 1 aromatic rings. The lowest BCUT2D eigenvalue weighted by molar-refractivity contribution is -0.120. The molecule has 2 aliphatic rings. The Balaban J connectivity index is 1.75. The molecule has 0 aromatic heterocycles. The van der Waals surface area contributed by atoms with Gasteiger partial charge in [0.05, 0.1) is 5.69 Å². The topological polar surface area (TPSA) is 49.3 Å². The predicted molar refractivity (Wildman–Crippen MR) is 70.6 cm³/mol. The number of phenolic OH excluding ortho intramolecular Hbond substituents is 1. The van der Waals surface area contributed by atoms with Crippen molar-refractivity contribution in [3.63, 3.8) is 0 Å². The second kappa shape index (κ2) is 4.32. The Hall–Kier alpha value is -1.48. The smallest absolute Gasteiger partial charge is 0.228 e. The summed E-state index contributed by atoms with van der Waals surface area (Å²) >= 11 is 5.85. The zero-order chi connectivity index (χ0) is 12.7. The molecule has 1 amide bonds. The van der Waals surface area contributed by atoms with Crippen molar-refractivity contribution >= 4 is 23.2 Å². The molecular formula is C14H14ClNO2. The molecule has 1 fully saturated rings. The molecule has 4 heteroatoms. The molecule has 3 rings (SSSR count). The number of fused-ring (bicyclic) bond motifs is 2. The summed E-state index contributed by atoms with van der Waals surface area (Å²) in [5.74, 6) is 0.962. The maximum atomic E-state index is 12.2. The monoisotopic (exact) mass is 263 g/mol. The number of carbonyl (C=O) groups excluding carboxylic acids is 1. The highest BCUT2D eigenvalue weighted by Gasteiger charge is 2.39. The third kappa shape index (κ3) is 1.99. The number of anilines is 1. The van der Waals surface area contributed by atoms with Gasteiger partial charge >= 0.3 is 0 Å². The Bertz CT molecular complexity index is 527. The molecule has 2 aliphatic carbocycles. The highest BCUT2D eigenvalue weighted by molar-refractivity contribution is 6.31. The standard InChI is InChI=1S/C14H14ClNO2/c15-10-3-4-13(17)12(7-10)16-14(18)11-6-8-1-2-9(11)5-8/h1-4,7-9,11,17H,5-6H2,(H,16,18). The van der Waals surface area contributed by atoms with Crippen LogP contribution in [0.25, 0.3) is 0 Å². The number of aromatic hydroxyl groups is 1. The number of halogens is 1. The second-order valence-electron chi connectivity index (χ2n) is 5.04. The van der Waals surface area contributed by atoms with Crippen LogP contribution in [0.3, 0.4) is 0 Å². The molecule has 3 nitrogen and oxygen atoms in total. The van der Waals surface area contributed by atoms with Crippen molar-refractivity contribution in [2.45, 2.75) is 12.8 Å². The summed E-state index contributed by atoms with van der Waals surface area (Å²) in [5.41, 5.74) is 0.388. The van der Waals surface area contributed by atoms with Gasteiger partial charge < -0.3 is 10.4 Å². The molecule has 1 aromatic carbocycles. The Morgan fingerprint density at radius 1 is 1.33 bits per heavy atom. The van der Waals surface area contributed by atoms with E-state index in [2.05, 4.69) is 17.5 Å². The molecular weight excluding hydrogens is 250 g/mol. The van der Waals surface area contributed by atoms with Crippen LogP contribution in [0.4, 0.5) is 5.69 Å². The molecule has 0 radical (unpaired) electrons. The van der Waals surface area contributed by atoms with Gasteiger partial charge in [0.2, 0.25) is 5.91 Å². The van der Waals surface area contributed by atoms with Crippen molar-refractivity contribution in [3.8, 4) is 5.75 Å². The average Bonchev–Trinajstić information content (AvgIpc) is 2.96. The van der Waals surface area contributed by atoms with E-state index in [1.165, 1.54) is 6.07 Å². The molecule has 0 spiro atoms. The van der Waals surface area contributed by atoms with Crippen molar-refractivity contribution < 1.29 is 9.90 Å². The summed E-state index contributed by atoms with van der Waals surface area (Å²) < 4.78 is 0. The first-order valence-electron chi connectivity index (χ1n) is 6.11. The molecule has 94 valence electrons. The highest BCUT2D eigenvalue weighted by Crippen LogP contribution is 2.44. The van der Waals surface area contributed by atoms with Gasteiger partial charge in [-0.25, -0.2) is 0 Å². The van der Waals surface area contributed by atoms with Crippen LogP contribution in [-0.4, -0.2) is 11.0 Å². The summed E-state index contributed by atoms with van der Waals surface area (Å²) in [6.45, 7) is 0. The number of hydrogen-bond donors (Lipinski definition) is 2. The third-order valence-corrected chi connectivity index (χ3v) is 4.07. The van der Waals surface area contributed by atoms with Crippen LogP contribution in [-0.2, 0) is 4.79 Å². The quantitative estimate of drug-likeness (QED) is 0.636. The summed E-state index contributed by atoms with van der Waals surface area (Å²) in [7, 11) is 0. The second-order valence-corrected chi connectivity index (χ2v) is 5.47. The zero-order valence-electron chi connectivity index (χ0n) is 9.77. The number of hydrogen-bond acceptors (Lipinski definition) is 2. The molecule has 0 aliphatic heterocycles. The molecule has 2 bridgehead atoms. The lowest BCUT2D eigenvalue weighted by Gasteiger charge is -2.18. The van der Waals surface area contributed by atoms with Gasteiger partial charge in [-0.1, -0.05) is 23.8 Å². The first-order valence-corrected chi connectivity index (χ1v) is 6.49. The number of nitrogens with one attached hydrogen (secondary N) is 1. The fourth-order valence-electron chi connectivity index (χ4n) is 2.92. The van der Waals surface area contributed by atoms with Crippen molar-refractivity contribution in [2.24, 2.45) is 17.8 Å². The minimum Gasteiger partial charge on any atom is -0.506 e. The maximum absolute atomic E-state index is 12.2. The van der Waals surface area contributed by atoms with Crippen LogP contribution in [0.5, 0.6) is 5.75 Å². The largest absolute Gasteiger partial charge is 0.506 e. The van der Waals surface area contributed by atoms with E-state index in [1.807, 2.05) is 0 Å². The summed E-state index contributed by atoms with van der Waals surface area (Å²) in [6, 6.07) is 4.64. The minimum atomic E-state index is -0.0237. The van der Waals surface area contributed by atoms with Crippen LogP contribution in [0.1, 0.15) is 12.8 Å². The van der Waals surface area contributed by atoms with E-state index in [9.17, 15) is 9.90 Å². The zero-order valence-corrected chi connectivity index (χ0v) is 10.5. The Morgan fingerprint density at radius 2 is 2.17 bits per heavy atom. The molecule has 1 saturated carbocycles. The number of phenols is 1. The maximum Gasteiger partial charge on any atom is 0.228 e. The number of carbonyl (C=O) groups is 1. The predicted octanol–water partition coefficient (Wildman–Crippen LogP) is 3.20. The van der Waals surface area contributed by atoms with Gasteiger partial charge in [0, 0.05) is 10.9 Å². The van der Waals surface area contributed by atoms with E-state index in [0.717, 1.165) is 12.8 Å². The van der Waals surface area contributed by atoms with Gasteiger partial charge in [0.15, 0.2) is 0 Å². The van der Waals surface area contributed by atoms with Crippen molar-refractivity contribution in [3.05, 3.63) is 35.4 Å². The summed E-state index contributed by atoms with van der Waals surface area (Å²) in [6.07, 6.45) is 6.33. The van der Waals surface area contributed by atoms with Gasteiger partial charge in [-0.05, 0) is 42.9 Å². The van der Waals surface area contributed by atoms with Crippen LogP contribution in [0.15, 0.2) is 30.4 Å². The lowest BCUT2D eigenvalue weighted by atomic mass is 9.93. The van der Waals surface area contributed by atoms with Crippen LogP contribution < -0.4 is 5.32 Å². The number of allylic oxidation sites excluding steroid dienone is 2. The number of benzene rings is 1. The summed E-state index contributed by atoms with van der Waals surface area (Å²) in [4.78, 5) is 12.2. The van der Waals surface area contributed by atoms with E-state index in [0.29, 0.717) is 22.5 Å². The normalized spacial score (nSPS) is 28.6. The number of amides is 1. The van der Waals surface area contributed by atoms with Gasteiger partial charge in [-0.15, -0.1) is 0 Å². The van der Waals surface area contributed by atoms with E-state index >= 15 is 0 Å². The van der Waals surface area contributed by atoms with Crippen molar-refractivity contribution in [1.82, 2.24) is 0 Å². The van der Waals surface area contributed by atoms with Crippen LogP contribution in [0.2, 0.25) is 5.02 Å². The average molecular weight is 264 g/mol. The van der Waals surface area contributed by atoms with E-state index < -0.39 is 0 Å². The van der Waals surface area contributed by atoms with Gasteiger partial charge in [-0.2, -0.15) is 0 Å².